The summed E-state index contributed by atoms with van der Waals surface area (Å²) in [4.78, 5) is 0. The van der Waals surface area contributed by atoms with Gasteiger partial charge in [-0.05, 0) is 37.5 Å². The summed E-state index contributed by atoms with van der Waals surface area (Å²) in [5.74, 6) is 1.48. The average Bonchev–Trinajstić information content (AvgIpc) is 2.37. The highest BCUT2D eigenvalue weighted by molar-refractivity contribution is 5.43. The molecule has 17 heavy (non-hydrogen) atoms. The first kappa shape index (κ1) is 13.8. The highest BCUT2D eigenvalue weighted by Crippen LogP contribution is 2.30. The molecule has 0 aliphatic rings. The minimum atomic E-state index is 0.0192. The number of ether oxygens (including phenoxy) is 2. The van der Waals surface area contributed by atoms with E-state index < -0.39 is 0 Å². The van der Waals surface area contributed by atoms with Crippen molar-refractivity contribution in [3.63, 3.8) is 0 Å². The Balaban J connectivity index is 2.88. The monoisotopic (exact) mass is 238 g/mol. The Hall–Kier alpha value is -1.22. The molecule has 0 spiro atoms. The second-order valence-corrected chi connectivity index (χ2v) is 3.93. The Labute approximate surface area is 103 Å². The lowest BCUT2D eigenvalue weighted by Crippen LogP contribution is -2.14. The van der Waals surface area contributed by atoms with Crippen LogP contribution in [0.3, 0.4) is 0 Å². The lowest BCUT2D eigenvalue weighted by atomic mass is 10.2. The molecule has 0 saturated heterocycles. The molecule has 0 heterocycles. The molecule has 1 aromatic carbocycles. The lowest BCUT2D eigenvalue weighted by Gasteiger charge is -2.18. The molecule has 0 fully saturated rings. The van der Waals surface area contributed by atoms with E-state index in [1.54, 1.807) is 0 Å². The zero-order valence-corrected chi connectivity index (χ0v) is 10.9. The molecule has 96 valence electrons. The number of hydrogen-bond donors (Lipinski definition) is 1. The van der Waals surface area contributed by atoms with Crippen molar-refractivity contribution >= 4 is 0 Å². The third kappa shape index (κ3) is 3.93. The van der Waals surface area contributed by atoms with Gasteiger partial charge in [0, 0.05) is 0 Å². The second kappa shape index (κ2) is 7.17. The normalized spacial score (nSPS) is 10.6. The van der Waals surface area contributed by atoms with E-state index in [2.05, 4.69) is 13.8 Å². The highest BCUT2D eigenvalue weighted by Gasteiger charge is 2.11. The minimum Gasteiger partial charge on any atom is -0.490 e. The van der Waals surface area contributed by atoms with Gasteiger partial charge in [-0.3, -0.25) is 0 Å². The molecule has 0 unspecified atom stereocenters. The van der Waals surface area contributed by atoms with Gasteiger partial charge in [-0.15, -0.1) is 0 Å². The summed E-state index contributed by atoms with van der Waals surface area (Å²) in [5.41, 5.74) is 0.838. The third-order valence-corrected chi connectivity index (χ3v) is 2.69. The van der Waals surface area contributed by atoms with Gasteiger partial charge in [0.1, 0.15) is 0 Å². The smallest absolute Gasteiger partial charge is 0.161 e. The Bertz CT molecular complexity index is 332. The van der Waals surface area contributed by atoms with Crippen molar-refractivity contribution in [2.75, 3.05) is 6.61 Å². The van der Waals surface area contributed by atoms with E-state index in [0.29, 0.717) is 12.4 Å². The largest absolute Gasteiger partial charge is 0.490 e. The Morgan fingerprint density at radius 3 is 2.35 bits per heavy atom. The van der Waals surface area contributed by atoms with Gasteiger partial charge in [-0.2, -0.15) is 0 Å². The summed E-state index contributed by atoms with van der Waals surface area (Å²) < 4.78 is 11.4. The summed E-state index contributed by atoms with van der Waals surface area (Å²) in [6, 6.07) is 5.57. The minimum absolute atomic E-state index is 0.0192. The van der Waals surface area contributed by atoms with Gasteiger partial charge in [0.15, 0.2) is 11.5 Å². The second-order valence-electron chi connectivity index (χ2n) is 3.93. The fourth-order valence-corrected chi connectivity index (χ4v) is 1.65. The first-order valence-corrected chi connectivity index (χ1v) is 6.28. The van der Waals surface area contributed by atoms with E-state index >= 15 is 0 Å². The fraction of sp³-hybridized carbons (Fsp3) is 0.571. The molecule has 1 rings (SSSR count). The maximum atomic E-state index is 9.10. The van der Waals surface area contributed by atoms with Crippen LogP contribution in [0.5, 0.6) is 11.5 Å². The van der Waals surface area contributed by atoms with E-state index in [1.165, 1.54) is 0 Å². The van der Waals surface area contributed by atoms with Crippen molar-refractivity contribution in [1.82, 2.24) is 0 Å². The van der Waals surface area contributed by atoms with E-state index in [1.807, 2.05) is 25.1 Å². The number of hydrogen-bond acceptors (Lipinski definition) is 3. The van der Waals surface area contributed by atoms with Crippen LogP contribution >= 0.6 is 0 Å². The Morgan fingerprint density at radius 1 is 1.12 bits per heavy atom. The molecule has 0 radical (unpaired) electrons. The summed E-state index contributed by atoms with van der Waals surface area (Å²) in [5, 5.41) is 9.10. The summed E-state index contributed by atoms with van der Waals surface area (Å²) in [6.45, 7) is 6.76. The van der Waals surface area contributed by atoms with Crippen LogP contribution in [-0.2, 0) is 6.61 Å². The first-order chi connectivity index (χ1) is 8.24. The van der Waals surface area contributed by atoms with Crippen LogP contribution in [-0.4, -0.2) is 17.8 Å². The molecule has 3 heteroatoms. The molecule has 0 amide bonds. The van der Waals surface area contributed by atoms with Crippen LogP contribution < -0.4 is 9.47 Å². The van der Waals surface area contributed by atoms with E-state index in [4.69, 9.17) is 14.6 Å². The van der Waals surface area contributed by atoms with Crippen LogP contribution in [0, 0.1) is 0 Å². The van der Waals surface area contributed by atoms with E-state index in [-0.39, 0.29) is 12.7 Å². The van der Waals surface area contributed by atoms with E-state index in [9.17, 15) is 0 Å². The van der Waals surface area contributed by atoms with Crippen molar-refractivity contribution < 1.29 is 14.6 Å². The molecule has 0 aromatic heterocycles. The molecule has 0 atom stereocenters. The lowest BCUT2D eigenvalue weighted by molar-refractivity contribution is 0.181. The van der Waals surface area contributed by atoms with E-state index in [0.717, 1.165) is 24.2 Å². The molecule has 0 aliphatic carbocycles. The van der Waals surface area contributed by atoms with Crippen LogP contribution in [0.4, 0.5) is 0 Å². The molecule has 1 aromatic rings. The summed E-state index contributed by atoms with van der Waals surface area (Å²) >= 11 is 0. The van der Waals surface area contributed by atoms with Crippen molar-refractivity contribution in [2.45, 2.75) is 46.3 Å². The molecule has 0 bridgehead atoms. The zero-order chi connectivity index (χ0) is 12.7. The average molecular weight is 238 g/mol. The molecular formula is C14H22O3. The van der Waals surface area contributed by atoms with Crippen molar-refractivity contribution in [3.05, 3.63) is 23.8 Å². The molecule has 3 nitrogen and oxygen atoms in total. The van der Waals surface area contributed by atoms with Gasteiger partial charge < -0.3 is 14.6 Å². The van der Waals surface area contributed by atoms with Crippen molar-refractivity contribution in [2.24, 2.45) is 0 Å². The summed E-state index contributed by atoms with van der Waals surface area (Å²) in [7, 11) is 0. The first-order valence-electron chi connectivity index (χ1n) is 6.28. The standard InChI is InChI=1S/C14H22O3/c1-4-12(5-2)17-13-8-7-11(10-15)9-14(13)16-6-3/h7-9,12,15H,4-6,10H2,1-3H3. The molecule has 1 N–H and O–H groups in total. The highest BCUT2D eigenvalue weighted by atomic mass is 16.5. The van der Waals surface area contributed by atoms with Crippen LogP contribution in [0.25, 0.3) is 0 Å². The quantitative estimate of drug-likeness (QED) is 0.793. The van der Waals surface area contributed by atoms with Gasteiger partial charge in [-0.1, -0.05) is 19.9 Å². The predicted molar refractivity (Wildman–Crippen MR) is 68.5 cm³/mol. The summed E-state index contributed by atoms with van der Waals surface area (Å²) in [6.07, 6.45) is 2.17. The SMILES string of the molecule is CCOc1cc(CO)ccc1OC(CC)CC. The van der Waals surface area contributed by atoms with Crippen molar-refractivity contribution in [3.8, 4) is 11.5 Å². The predicted octanol–water partition coefficient (Wildman–Crippen LogP) is 3.15. The number of aliphatic hydroxyl groups is 1. The van der Waals surface area contributed by atoms with Gasteiger partial charge >= 0.3 is 0 Å². The maximum Gasteiger partial charge on any atom is 0.161 e. The molecule has 0 saturated carbocycles. The maximum absolute atomic E-state index is 9.10. The van der Waals surface area contributed by atoms with Gasteiger partial charge in [-0.25, -0.2) is 0 Å². The third-order valence-electron chi connectivity index (χ3n) is 2.69. The van der Waals surface area contributed by atoms with Crippen molar-refractivity contribution in [1.29, 1.82) is 0 Å². The number of benzene rings is 1. The Morgan fingerprint density at radius 2 is 1.82 bits per heavy atom. The zero-order valence-electron chi connectivity index (χ0n) is 10.9. The van der Waals surface area contributed by atoms with Crippen LogP contribution in [0.1, 0.15) is 39.2 Å². The molecular weight excluding hydrogens is 216 g/mol. The van der Waals surface area contributed by atoms with Crippen LogP contribution in [0.2, 0.25) is 0 Å². The molecule has 0 aliphatic heterocycles. The van der Waals surface area contributed by atoms with Gasteiger partial charge in [0.05, 0.1) is 19.3 Å². The van der Waals surface area contributed by atoms with Gasteiger partial charge in [0.2, 0.25) is 0 Å². The Kier molecular flexibility index (Phi) is 5.84. The van der Waals surface area contributed by atoms with Crippen LogP contribution in [0.15, 0.2) is 18.2 Å². The fourth-order valence-electron chi connectivity index (χ4n) is 1.65. The number of aliphatic hydroxyl groups excluding tert-OH is 1. The van der Waals surface area contributed by atoms with Gasteiger partial charge in [0.25, 0.3) is 0 Å². The number of rotatable bonds is 7. The topological polar surface area (TPSA) is 38.7 Å².